The van der Waals surface area contributed by atoms with E-state index in [-0.39, 0.29) is 23.8 Å². The summed E-state index contributed by atoms with van der Waals surface area (Å²) in [5, 5.41) is 5.04. The Hall–Kier alpha value is -5.17. The van der Waals surface area contributed by atoms with E-state index in [1.807, 2.05) is 85.0 Å². The van der Waals surface area contributed by atoms with Gasteiger partial charge < -0.3 is 19.5 Å². The molecule has 0 spiro atoms. The van der Waals surface area contributed by atoms with Gasteiger partial charge in [0.2, 0.25) is 0 Å². The fourth-order valence-electron chi connectivity index (χ4n) is 4.61. The van der Waals surface area contributed by atoms with Gasteiger partial charge >= 0.3 is 6.03 Å². The number of aryl methyl sites for hydroxylation is 2. The van der Waals surface area contributed by atoms with Crippen molar-refractivity contribution in [1.29, 1.82) is 0 Å². The molecule has 1 heterocycles. The highest BCUT2D eigenvalue weighted by molar-refractivity contribution is 14.1. The first-order chi connectivity index (χ1) is 22.1. The number of hydrogen-bond acceptors (Lipinski definition) is 7. The molecule has 0 atom stereocenters. The minimum absolute atomic E-state index is 0.247. The van der Waals surface area contributed by atoms with Gasteiger partial charge in [-0.05, 0) is 113 Å². The number of methoxy groups -OCH3 is 1. The van der Waals surface area contributed by atoms with Crippen molar-refractivity contribution in [2.24, 2.45) is 0 Å². The number of carbonyl (C=O) groups is 4. The summed E-state index contributed by atoms with van der Waals surface area (Å²) in [5.74, 6) is -0.796. The number of anilines is 2. The highest BCUT2D eigenvalue weighted by atomic mass is 127. The third kappa shape index (κ3) is 7.54. The molecule has 0 saturated carbocycles. The average Bonchev–Trinajstić information content (AvgIpc) is 3.04. The van der Waals surface area contributed by atoms with Crippen molar-refractivity contribution in [3.05, 3.63) is 116 Å². The van der Waals surface area contributed by atoms with E-state index in [1.165, 1.54) is 13.2 Å². The highest BCUT2D eigenvalue weighted by Crippen LogP contribution is 2.35. The van der Waals surface area contributed by atoms with Gasteiger partial charge in [-0.2, -0.15) is 0 Å². The van der Waals surface area contributed by atoms with Crippen LogP contribution in [-0.2, 0) is 21.0 Å². The van der Waals surface area contributed by atoms with Gasteiger partial charge in [-0.25, -0.2) is 9.69 Å². The zero-order valence-corrected chi connectivity index (χ0v) is 27.4. The molecule has 0 unspecified atom stereocenters. The topological polar surface area (TPSA) is 123 Å². The number of ether oxygens (including phenoxy) is 3. The first kappa shape index (κ1) is 32.2. The predicted molar refractivity (Wildman–Crippen MR) is 182 cm³/mol. The van der Waals surface area contributed by atoms with Crippen molar-refractivity contribution in [2.45, 2.75) is 20.5 Å². The Balaban J connectivity index is 1.30. The Kier molecular flexibility index (Phi) is 10.0. The summed E-state index contributed by atoms with van der Waals surface area (Å²) in [7, 11) is 1.44. The molecule has 5 rings (SSSR count). The van der Waals surface area contributed by atoms with Crippen LogP contribution >= 0.6 is 22.6 Å². The van der Waals surface area contributed by atoms with Gasteiger partial charge in [-0.3, -0.25) is 19.7 Å². The monoisotopic (exact) mass is 731 g/mol. The average molecular weight is 732 g/mol. The van der Waals surface area contributed by atoms with Crippen molar-refractivity contribution in [2.75, 3.05) is 23.9 Å². The van der Waals surface area contributed by atoms with Crippen LogP contribution in [-0.4, -0.2) is 37.5 Å². The second-order valence-electron chi connectivity index (χ2n) is 10.4. The standard InChI is InChI=1S/C35H30IN3O7/c1-21-9-10-25(15-22(21)2)37-31(40)20-46-32-29(36)17-24(18-30(32)44-3)16-28-33(41)38-35(43)39(34(28)42)26-11-13-27(14-12-26)45-19-23-7-5-4-6-8-23/h4-18H,19-20H2,1-3H3,(H,37,40)(H,38,41,43)/b28-16-. The van der Waals surface area contributed by atoms with E-state index >= 15 is 0 Å². The number of amides is 5. The number of urea groups is 1. The molecule has 4 aromatic carbocycles. The Morgan fingerprint density at radius 2 is 1.65 bits per heavy atom. The molecule has 1 saturated heterocycles. The second kappa shape index (κ2) is 14.3. The summed E-state index contributed by atoms with van der Waals surface area (Å²) >= 11 is 2.02. The molecule has 234 valence electrons. The van der Waals surface area contributed by atoms with Gasteiger partial charge in [0, 0.05) is 5.69 Å². The molecular formula is C35H30IN3O7. The fraction of sp³-hybridized carbons (Fsp3) is 0.143. The number of rotatable bonds is 10. The van der Waals surface area contributed by atoms with Crippen molar-refractivity contribution < 1.29 is 33.4 Å². The van der Waals surface area contributed by atoms with Gasteiger partial charge in [0.1, 0.15) is 17.9 Å². The maximum absolute atomic E-state index is 13.5. The van der Waals surface area contributed by atoms with Gasteiger partial charge in [0.15, 0.2) is 18.1 Å². The minimum Gasteiger partial charge on any atom is -0.493 e. The van der Waals surface area contributed by atoms with E-state index in [9.17, 15) is 19.2 Å². The first-order valence-electron chi connectivity index (χ1n) is 14.2. The maximum atomic E-state index is 13.5. The molecule has 46 heavy (non-hydrogen) atoms. The van der Waals surface area contributed by atoms with Crippen LogP contribution in [0.1, 0.15) is 22.3 Å². The summed E-state index contributed by atoms with van der Waals surface area (Å²) in [5.41, 5.74) is 4.30. The molecule has 11 heteroatoms. The van der Waals surface area contributed by atoms with E-state index in [0.717, 1.165) is 21.6 Å². The van der Waals surface area contributed by atoms with E-state index in [1.54, 1.807) is 36.4 Å². The zero-order chi connectivity index (χ0) is 32.8. The summed E-state index contributed by atoms with van der Waals surface area (Å²) < 4.78 is 17.7. The van der Waals surface area contributed by atoms with E-state index in [2.05, 4.69) is 10.6 Å². The molecule has 0 radical (unpaired) electrons. The molecule has 4 aromatic rings. The summed E-state index contributed by atoms with van der Waals surface area (Å²) in [4.78, 5) is 52.4. The van der Waals surface area contributed by atoms with Crippen molar-refractivity contribution in [1.82, 2.24) is 5.32 Å². The van der Waals surface area contributed by atoms with Crippen molar-refractivity contribution in [3.63, 3.8) is 0 Å². The second-order valence-corrected chi connectivity index (χ2v) is 11.6. The lowest BCUT2D eigenvalue weighted by Gasteiger charge is -2.26. The van der Waals surface area contributed by atoms with E-state index in [0.29, 0.717) is 38.7 Å². The van der Waals surface area contributed by atoms with Crippen LogP contribution in [0.2, 0.25) is 0 Å². The summed E-state index contributed by atoms with van der Waals surface area (Å²) in [6.07, 6.45) is 1.37. The maximum Gasteiger partial charge on any atom is 0.335 e. The molecule has 0 bridgehead atoms. The Bertz CT molecular complexity index is 1840. The van der Waals surface area contributed by atoms with E-state index < -0.39 is 17.8 Å². The van der Waals surface area contributed by atoms with Crippen LogP contribution in [0.15, 0.2) is 90.5 Å². The lowest BCUT2D eigenvalue weighted by molar-refractivity contribution is -0.122. The van der Waals surface area contributed by atoms with E-state index in [4.69, 9.17) is 14.2 Å². The lowest BCUT2D eigenvalue weighted by atomic mass is 10.1. The highest BCUT2D eigenvalue weighted by Gasteiger charge is 2.37. The van der Waals surface area contributed by atoms with Gasteiger partial charge in [0.25, 0.3) is 17.7 Å². The largest absolute Gasteiger partial charge is 0.493 e. The molecule has 1 aliphatic rings. The molecule has 0 aliphatic carbocycles. The van der Waals surface area contributed by atoms with Crippen LogP contribution in [0.5, 0.6) is 17.2 Å². The van der Waals surface area contributed by atoms with Gasteiger partial charge in [-0.15, -0.1) is 0 Å². The number of benzene rings is 4. The van der Waals surface area contributed by atoms with Crippen molar-refractivity contribution >= 4 is 63.8 Å². The molecule has 2 N–H and O–H groups in total. The zero-order valence-electron chi connectivity index (χ0n) is 25.3. The van der Waals surface area contributed by atoms with Crippen LogP contribution in [0.4, 0.5) is 16.2 Å². The van der Waals surface area contributed by atoms with Gasteiger partial charge in [0.05, 0.1) is 16.4 Å². The van der Waals surface area contributed by atoms with Crippen LogP contribution in [0.3, 0.4) is 0 Å². The number of imide groups is 2. The SMILES string of the molecule is COc1cc(/C=C2/C(=O)NC(=O)N(c3ccc(OCc4ccccc4)cc3)C2=O)cc(I)c1OCC(=O)Nc1ccc(C)c(C)c1. The van der Waals surface area contributed by atoms with Crippen LogP contribution in [0.25, 0.3) is 6.08 Å². The molecular weight excluding hydrogens is 701 g/mol. The number of nitrogens with one attached hydrogen (secondary N) is 2. The van der Waals surface area contributed by atoms with Crippen LogP contribution in [0, 0.1) is 17.4 Å². The molecule has 10 nitrogen and oxygen atoms in total. The fourth-order valence-corrected chi connectivity index (χ4v) is 5.39. The lowest BCUT2D eigenvalue weighted by Crippen LogP contribution is -2.54. The number of barbiturate groups is 1. The molecule has 1 aliphatic heterocycles. The quantitative estimate of drug-likeness (QED) is 0.114. The predicted octanol–water partition coefficient (Wildman–Crippen LogP) is 6.18. The number of halogens is 1. The summed E-state index contributed by atoms with van der Waals surface area (Å²) in [6.45, 7) is 4.05. The smallest absolute Gasteiger partial charge is 0.335 e. The Morgan fingerprint density at radius 1 is 0.913 bits per heavy atom. The first-order valence-corrected chi connectivity index (χ1v) is 15.3. The number of hydrogen-bond donors (Lipinski definition) is 2. The van der Waals surface area contributed by atoms with Crippen molar-refractivity contribution in [3.8, 4) is 17.2 Å². The molecule has 1 fully saturated rings. The molecule has 0 aromatic heterocycles. The minimum atomic E-state index is -0.861. The number of carbonyl (C=O) groups excluding carboxylic acids is 4. The number of nitrogens with zero attached hydrogens (tertiary/aromatic N) is 1. The third-order valence-electron chi connectivity index (χ3n) is 7.15. The normalized spacial score (nSPS) is 13.8. The van der Waals surface area contributed by atoms with Gasteiger partial charge in [-0.1, -0.05) is 36.4 Å². The molecule has 5 amide bonds. The van der Waals surface area contributed by atoms with Crippen LogP contribution < -0.4 is 29.7 Å². The Labute approximate surface area is 279 Å². The third-order valence-corrected chi connectivity index (χ3v) is 7.95. The Morgan fingerprint density at radius 3 is 2.35 bits per heavy atom. The summed E-state index contributed by atoms with van der Waals surface area (Å²) in [6, 6.07) is 24.1.